The Balaban J connectivity index is 1.37. The summed E-state index contributed by atoms with van der Waals surface area (Å²) in [6.45, 7) is 1.58. The van der Waals surface area contributed by atoms with Crippen LogP contribution in [0.2, 0.25) is 0 Å². The van der Waals surface area contributed by atoms with Gasteiger partial charge in [-0.1, -0.05) is 12.1 Å². The predicted molar refractivity (Wildman–Crippen MR) is 131 cm³/mol. The largest absolute Gasteiger partial charge is 0.495 e. The molecule has 0 atom stereocenters. The topological polar surface area (TPSA) is 121 Å². The number of carbonyl (C=O) groups is 2. The van der Waals surface area contributed by atoms with E-state index in [1.54, 1.807) is 49.4 Å². The molecule has 1 aliphatic rings. The van der Waals surface area contributed by atoms with Crippen molar-refractivity contribution in [1.82, 2.24) is 9.55 Å². The molecular weight excluding hydrogens is 472 g/mol. The lowest BCUT2D eigenvalue weighted by Crippen LogP contribution is -2.28. The van der Waals surface area contributed by atoms with Crippen LogP contribution in [-0.4, -0.2) is 35.3 Å². The standard InChI is InChI=1S/C24H20N4O6S/c1-13-20-23(35-21(13)22(30)26-14-7-8-17-18(9-14)34-12-33-17)25-11-28(24(20)31)10-19(29)27-15-5-3-4-6-16(15)32-2/h3-9,11H,10,12H2,1-2H3,(H,26,30)(H,27,29). The van der Waals surface area contributed by atoms with Crippen molar-refractivity contribution in [2.75, 3.05) is 24.5 Å². The summed E-state index contributed by atoms with van der Waals surface area (Å²) in [7, 11) is 1.51. The van der Waals surface area contributed by atoms with E-state index in [1.165, 1.54) is 18.0 Å². The van der Waals surface area contributed by atoms with Crippen LogP contribution in [0.25, 0.3) is 10.2 Å². The number of benzene rings is 2. The van der Waals surface area contributed by atoms with Crippen molar-refractivity contribution in [2.24, 2.45) is 0 Å². The Kier molecular flexibility index (Phi) is 5.83. The zero-order valence-corrected chi connectivity index (χ0v) is 19.6. The third kappa shape index (κ3) is 4.28. The molecule has 4 aromatic rings. The molecule has 2 amide bonds. The van der Waals surface area contributed by atoms with Gasteiger partial charge in [-0.3, -0.25) is 19.0 Å². The maximum Gasteiger partial charge on any atom is 0.266 e. The highest BCUT2D eigenvalue weighted by atomic mass is 32.1. The molecule has 2 aromatic heterocycles. The van der Waals surface area contributed by atoms with E-state index < -0.39 is 11.5 Å². The summed E-state index contributed by atoms with van der Waals surface area (Å²) in [5, 5.41) is 5.86. The minimum Gasteiger partial charge on any atom is -0.495 e. The van der Waals surface area contributed by atoms with E-state index in [1.807, 2.05) is 0 Å². The zero-order chi connectivity index (χ0) is 24.5. The summed E-state index contributed by atoms with van der Waals surface area (Å²) in [5.41, 5.74) is 1.13. The van der Waals surface area contributed by atoms with E-state index in [4.69, 9.17) is 14.2 Å². The average Bonchev–Trinajstić information content (AvgIpc) is 3.45. The maximum absolute atomic E-state index is 13.1. The summed E-state index contributed by atoms with van der Waals surface area (Å²) in [6, 6.07) is 12.1. The number of ether oxygens (including phenoxy) is 3. The first-order valence-corrected chi connectivity index (χ1v) is 11.4. The van der Waals surface area contributed by atoms with Gasteiger partial charge in [0.15, 0.2) is 11.5 Å². The Morgan fingerprint density at radius 1 is 1.14 bits per heavy atom. The second-order valence-corrected chi connectivity index (χ2v) is 8.68. The van der Waals surface area contributed by atoms with Gasteiger partial charge in [0.05, 0.1) is 29.4 Å². The van der Waals surface area contributed by atoms with Crippen LogP contribution >= 0.6 is 11.3 Å². The Morgan fingerprint density at radius 3 is 2.77 bits per heavy atom. The van der Waals surface area contributed by atoms with E-state index in [-0.39, 0.29) is 19.2 Å². The lowest BCUT2D eigenvalue weighted by atomic mass is 10.2. The van der Waals surface area contributed by atoms with Crippen LogP contribution in [0.3, 0.4) is 0 Å². The van der Waals surface area contributed by atoms with Gasteiger partial charge in [-0.2, -0.15) is 0 Å². The molecule has 178 valence electrons. The van der Waals surface area contributed by atoms with Gasteiger partial charge in [-0.25, -0.2) is 4.98 Å². The highest BCUT2D eigenvalue weighted by Crippen LogP contribution is 2.35. The molecule has 1 aliphatic heterocycles. The molecular formula is C24H20N4O6S. The number of anilines is 2. The number of rotatable bonds is 6. The fourth-order valence-corrected chi connectivity index (χ4v) is 4.78. The average molecular weight is 493 g/mol. The van der Waals surface area contributed by atoms with Crippen LogP contribution in [0.1, 0.15) is 15.2 Å². The predicted octanol–water partition coefficient (Wildman–Crippen LogP) is 3.39. The molecule has 0 saturated heterocycles. The zero-order valence-electron chi connectivity index (χ0n) is 18.8. The molecule has 11 heteroatoms. The fourth-order valence-electron chi connectivity index (χ4n) is 3.74. The monoisotopic (exact) mass is 492 g/mol. The van der Waals surface area contributed by atoms with Crippen molar-refractivity contribution in [2.45, 2.75) is 13.5 Å². The first-order valence-electron chi connectivity index (χ1n) is 10.6. The molecule has 10 nitrogen and oxygen atoms in total. The van der Waals surface area contributed by atoms with E-state index in [2.05, 4.69) is 15.6 Å². The van der Waals surface area contributed by atoms with Gasteiger partial charge in [0.1, 0.15) is 17.1 Å². The number of hydrogen-bond donors (Lipinski definition) is 2. The molecule has 0 fully saturated rings. The summed E-state index contributed by atoms with van der Waals surface area (Å²) in [5.74, 6) is 0.886. The third-order valence-corrected chi connectivity index (χ3v) is 6.65. The number of amides is 2. The van der Waals surface area contributed by atoms with Crippen molar-refractivity contribution >= 4 is 44.7 Å². The Hall–Kier alpha value is -4.38. The lowest BCUT2D eigenvalue weighted by molar-refractivity contribution is -0.116. The molecule has 0 radical (unpaired) electrons. The smallest absolute Gasteiger partial charge is 0.266 e. The van der Waals surface area contributed by atoms with Gasteiger partial charge in [0, 0.05) is 11.8 Å². The van der Waals surface area contributed by atoms with Crippen molar-refractivity contribution in [3.05, 3.63) is 69.6 Å². The van der Waals surface area contributed by atoms with Gasteiger partial charge >= 0.3 is 0 Å². The Morgan fingerprint density at radius 2 is 1.94 bits per heavy atom. The second kappa shape index (κ2) is 9.11. The second-order valence-electron chi connectivity index (χ2n) is 7.68. The third-order valence-electron chi connectivity index (χ3n) is 5.45. The summed E-state index contributed by atoms with van der Waals surface area (Å²) in [6.07, 6.45) is 1.31. The molecule has 2 aromatic carbocycles. The quantitative estimate of drug-likeness (QED) is 0.423. The number of nitrogens with one attached hydrogen (secondary N) is 2. The van der Waals surface area contributed by atoms with Crippen molar-refractivity contribution in [3.63, 3.8) is 0 Å². The molecule has 0 spiro atoms. The maximum atomic E-state index is 13.1. The number of aryl methyl sites for hydroxylation is 1. The number of hydrogen-bond acceptors (Lipinski definition) is 8. The van der Waals surface area contributed by atoms with Crippen LogP contribution in [0.4, 0.5) is 11.4 Å². The summed E-state index contributed by atoms with van der Waals surface area (Å²) in [4.78, 5) is 43.8. The lowest BCUT2D eigenvalue weighted by Gasteiger charge is -2.10. The Labute approximate surface area is 203 Å². The number of carbonyl (C=O) groups excluding carboxylic acids is 2. The Bertz CT molecular complexity index is 1530. The number of fused-ring (bicyclic) bond motifs is 2. The molecule has 3 heterocycles. The molecule has 0 unspecified atom stereocenters. The van der Waals surface area contributed by atoms with E-state index >= 15 is 0 Å². The normalized spacial score (nSPS) is 11.9. The van der Waals surface area contributed by atoms with E-state index in [9.17, 15) is 14.4 Å². The van der Waals surface area contributed by atoms with Crippen LogP contribution in [0, 0.1) is 6.92 Å². The van der Waals surface area contributed by atoms with Crippen LogP contribution in [0.15, 0.2) is 53.6 Å². The molecule has 0 saturated carbocycles. The van der Waals surface area contributed by atoms with Crippen LogP contribution in [-0.2, 0) is 11.3 Å². The van der Waals surface area contributed by atoms with Crippen LogP contribution in [0.5, 0.6) is 17.2 Å². The first kappa shape index (κ1) is 22.4. The number of nitrogens with zero attached hydrogens (tertiary/aromatic N) is 2. The van der Waals surface area contributed by atoms with Crippen molar-refractivity contribution in [3.8, 4) is 17.2 Å². The summed E-state index contributed by atoms with van der Waals surface area (Å²) >= 11 is 1.12. The molecule has 0 aliphatic carbocycles. The van der Waals surface area contributed by atoms with Gasteiger partial charge in [-0.15, -0.1) is 11.3 Å². The number of para-hydroxylation sites is 2. The molecule has 35 heavy (non-hydrogen) atoms. The van der Waals surface area contributed by atoms with Crippen LogP contribution < -0.4 is 30.4 Å². The van der Waals surface area contributed by atoms with Gasteiger partial charge in [0.25, 0.3) is 11.5 Å². The first-order chi connectivity index (χ1) is 16.9. The number of methoxy groups -OCH3 is 1. The number of aromatic nitrogens is 2. The van der Waals surface area contributed by atoms with E-state index in [0.717, 1.165) is 11.3 Å². The SMILES string of the molecule is COc1ccccc1NC(=O)Cn1cnc2sc(C(=O)Nc3ccc4c(c3)OCO4)c(C)c2c1=O. The highest BCUT2D eigenvalue weighted by Gasteiger charge is 2.21. The van der Waals surface area contributed by atoms with Crippen molar-refractivity contribution in [1.29, 1.82) is 0 Å². The van der Waals surface area contributed by atoms with E-state index in [0.29, 0.717) is 49.3 Å². The van der Waals surface area contributed by atoms with Gasteiger partial charge < -0.3 is 24.8 Å². The minimum atomic E-state index is -0.411. The summed E-state index contributed by atoms with van der Waals surface area (Å²) < 4.78 is 17.1. The number of thiophene rings is 1. The molecule has 0 bridgehead atoms. The van der Waals surface area contributed by atoms with Gasteiger partial charge in [0.2, 0.25) is 12.7 Å². The highest BCUT2D eigenvalue weighted by molar-refractivity contribution is 7.20. The minimum absolute atomic E-state index is 0.136. The van der Waals surface area contributed by atoms with Gasteiger partial charge in [-0.05, 0) is 36.8 Å². The molecule has 5 rings (SSSR count). The fraction of sp³-hybridized carbons (Fsp3) is 0.167. The van der Waals surface area contributed by atoms with Crippen molar-refractivity contribution < 1.29 is 23.8 Å². The molecule has 2 N–H and O–H groups in total.